The summed E-state index contributed by atoms with van der Waals surface area (Å²) in [5.41, 5.74) is 2.82. The zero-order valence-corrected chi connectivity index (χ0v) is 13.5. The Morgan fingerprint density at radius 2 is 1.80 bits per heavy atom. The molecule has 0 saturated carbocycles. The van der Waals surface area contributed by atoms with Gasteiger partial charge in [0.1, 0.15) is 0 Å². The van der Waals surface area contributed by atoms with E-state index in [1.807, 2.05) is 11.3 Å². The van der Waals surface area contributed by atoms with Crippen molar-refractivity contribution in [1.29, 1.82) is 0 Å². The van der Waals surface area contributed by atoms with Crippen LogP contribution < -0.4 is 5.32 Å². The molecule has 0 spiro atoms. The predicted molar refractivity (Wildman–Crippen MR) is 89.3 cm³/mol. The molecular formula is C18H25NS. The fraction of sp³-hybridized carbons (Fsp3) is 0.444. The zero-order chi connectivity index (χ0) is 14.4. The predicted octanol–water partition coefficient (Wildman–Crippen LogP) is 5.50. The molecule has 0 radical (unpaired) electrons. The summed E-state index contributed by atoms with van der Waals surface area (Å²) in [5.74, 6) is 0. The molecule has 2 aromatic rings. The molecule has 0 amide bonds. The molecule has 0 aliphatic rings. The average molecular weight is 287 g/mol. The van der Waals surface area contributed by atoms with Crippen molar-refractivity contribution in [3.8, 4) is 0 Å². The number of hydrogen-bond acceptors (Lipinski definition) is 2. The first-order valence-electron chi connectivity index (χ1n) is 7.59. The van der Waals surface area contributed by atoms with Gasteiger partial charge in [-0.25, -0.2) is 0 Å². The molecule has 1 heterocycles. The molecule has 2 rings (SSSR count). The maximum absolute atomic E-state index is 3.67. The Morgan fingerprint density at radius 3 is 2.40 bits per heavy atom. The number of unbranched alkanes of at least 4 members (excludes halogenated alkanes) is 1. The molecule has 0 aliphatic heterocycles. The van der Waals surface area contributed by atoms with Crippen molar-refractivity contribution in [3.05, 3.63) is 57.8 Å². The Kier molecular flexibility index (Phi) is 5.81. The maximum Gasteiger partial charge on any atom is 0.0391 e. The van der Waals surface area contributed by atoms with Crippen LogP contribution in [0, 0.1) is 0 Å². The van der Waals surface area contributed by atoms with E-state index < -0.39 is 0 Å². The third-order valence-electron chi connectivity index (χ3n) is 3.77. The van der Waals surface area contributed by atoms with Crippen LogP contribution in [0.4, 0.5) is 0 Å². The number of aryl methyl sites for hydroxylation is 1. The van der Waals surface area contributed by atoms with Crippen LogP contribution in [0.25, 0.3) is 0 Å². The van der Waals surface area contributed by atoms with E-state index in [1.54, 1.807) is 0 Å². The Morgan fingerprint density at radius 1 is 1.05 bits per heavy atom. The number of benzene rings is 1. The van der Waals surface area contributed by atoms with Gasteiger partial charge < -0.3 is 5.32 Å². The van der Waals surface area contributed by atoms with Crippen LogP contribution in [0.2, 0.25) is 0 Å². The number of nitrogens with one attached hydrogen (secondary N) is 1. The molecule has 2 atom stereocenters. The van der Waals surface area contributed by atoms with Crippen molar-refractivity contribution in [3.63, 3.8) is 0 Å². The second-order valence-electron chi connectivity index (χ2n) is 5.47. The van der Waals surface area contributed by atoms with Gasteiger partial charge in [-0.05, 0) is 49.3 Å². The van der Waals surface area contributed by atoms with Crippen LogP contribution in [-0.2, 0) is 6.42 Å². The Bertz CT molecular complexity index is 487. The van der Waals surface area contributed by atoms with E-state index >= 15 is 0 Å². The van der Waals surface area contributed by atoms with Gasteiger partial charge in [0.25, 0.3) is 0 Å². The minimum atomic E-state index is 0.382. The molecule has 1 nitrogen and oxygen atoms in total. The SMILES string of the molecule is CCCCc1ccc(C(C)N[C@H](C)c2cccs2)cc1. The standard InChI is InChI=1S/C18H25NS/c1-4-5-7-16-9-11-17(12-10-16)14(2)19-15(3)18-8-6-13-20-18/h6,8-15,19H,4-5,7H2,1-3H3/t14?,15-/m1/s1. The fourth-order valence-electron chi connectivity index (χ4n) is 2.44. The minimum Gasteiger partial charge on any atom is -0.303 e. The number of rotatable bonds is 7. The van der Waals surface area contributed by atoms with E-state index in [2.05, 4.69) is 67.9 Å². The normalized spacial score (nSPS) is 14.2. The summed E-state index contributed by atoms with van der Waals surface area (Å²) < 4.78 is 0. The Hall–Kier alpha value is -1.12. The van der Waals surface area contributed by atoms with Gasteiger partial charge >= 0.3 is 0 Å². The smallest absolute Gasteiger partial charge is 0.0391 e. The highest BCUT2D eigenvalue weighted by Gasteiger charge is 2.11. The van der Waals surface area contributed by atoms with Crippen LogP contribution >= 0.6 is 11.3 Å². The second kappa shape index (κ2) is 7.61. The maximum atomic E-state index is 3.67. The van der Waals surface area contributed by atoms with Crippen molar-refractivity contribution in [2.75, 3.05) is 0 Å². The third-order valence-corrected chi connectivity index (χ3v) is 4.82. The largest absolute Gasteiger partial charge is 0.303 e. The molecule has 20 heavy (non-hydrogen) atoms. The van der Waals surface area contributed by atoms with Gasteiger partial charge in [-0.1, -0.05) is 43.7 Å². The molecule has 1 aromatic carbocycles. The minimum absolute atomic E-state index is 0.382. The summed E-state index contributed by atoms with van der Waals surface area (Å²) in [6.45, 7) is 6.72. The summed E-state index contributed by atoms with van der Waals surface area (Å²) in [5, 5.41) is 5.81. The van der Waals surface area contributed by atoms with Gasteiger partial charge in [0.15, 0.2) is 0 Å². The van der Waals surface area contributed by atoms with Gasteiger partial charge in [-0.15, -0.1) is 11.3 Å². The summed E-state index contributed by atoms with van der Waals surface area (Å²) >= 11 is 1.82. The van der Waals surface area contributed by atoms with Gasteiger partial charge in [-0.2, -0.15) is 0 Å². The van der Waals surface area contributed by atoms with Crippen LogP contribution in [0.5, 0.6) is 0 Å². The van der Waals surface area contributed by atoms with Crippen LogP contribution in [0.3, 0.4) is 0 Å². The van der Waals surface area contributed by atoms with Crippen molar-refractivity contribution in [1.82, 2.24) is 5.32 Å². The van der Waals surface area contributed by atoms with Gasteiger partial charge in [-0.3, -0.25) is 0 Å². The van der Waals surface area contributed by atoms with Crippen molar-refractivity contribution in [2.24, 2.45) is 0 Å². The van der Waals surface area contributed by atoms with Crippen molar-refractivity contribution in [2.45, 2.75) is 52.1 Å². The molecule has 1 unspecified atom stereocenters. The van der Waals surface area contributed by atoms with Gasteiger partial charge in [0.05, 0.1) is 0 Å². The lowest BCUT2D eigenvalue weighted by Gasteiger charge is -2.19. The van der Waals surface area contributed by atoms with Gasteiger partial charge in [0.2, 0.25) is 0 Å². The zero-order valence-electron chi connectivity index (χ0n) is 12.7. The number of hydrogen-bond donors (Lipinski definition) is 1. The van der Waals surface area contributed by atoms with Crippen molar-refractivity contribution < 1.29 is 0 Å². The quantitative estimate of drug-likeness (QED) is 0.708. The molecule has 0 bridgehead atoms. The van der Waals surface area contributed by atoms with E-state index in [4.69, 9.17) is 0 Å². The van der Waals surface area contributed by atoms with Crippen LogP contribution in [0.15, 0.2) is 41.8 Å². The lowest BCUT2D eigenvalue weighted by Crippen LogP contribution is -2.21. The number of thiophene rings is 1. The summed E-state index contributed by atoms with van der Waals surface area (Å²) in [7, 11) is 0. The molecule has 0 fully saturated rings. The molecule has 1 aromatic heterocycles. The summed E-state index contributed by atoms with van der Waals surface area (Å²) in [6.07, 6.45) is 3.74. The first-order valence-corrected chi connectivity index (χ1v) is 8.47. The lowest BCUT2D eigenvalue weighted by atomic mass is 10.0. The van der Waals surface area contributed by atoms with Crippen molar-refractivity contribution >= 4 is 11.3 Å². The topological polar surface area (TPSA) is 12.0 Å². The van der Waals surface area contributed by atoms with Gasteiger partial charge in [0, 0.05) is 17.0 Å². The summed E-state index contributed by atoms with van der Waals surface area (Å²) in [4.78, 5) is 1.40. The van der Waals surface area contributed by atoms with Crippen LogP contribution in [-0.4, -0.2) is 0 Å². The fourth-order valence-corrected chi connectivity index (χ4v) is 3.19. The molecule has 1 N–H and O–H groups in total. The first-order chi connectivity index (χ1) is 9.70. The third kappa shape index (κ3) is 4.19. The first kappa shape index (κ1) is 15.3. The van der Waals surface area contributed by atoms with E-state index in [9.17, 15) is 0 Å². The van der Waals surface area contributed by atoms with E-state index in [-0.39, 0.29) is 0 Å². The Balaban J connectivity index is 1.93. The molecule has 2 heteroatoms. The molecule has 0 saturated heterocycles. The van der Waals surface area contributed by atoms with Crippen LogP contribution in [0.1, 0.15) is 61.7 Å². The Labute approximate surface area is 127 Å². The second-order valence-corrected chi connectivity index (χ2v) is 6.45. The molecule has 108 valence electrons. The molecular weight excluding hydrogens is 262 g/mol. The van der Waals surface area contributed by atoms with E-state index in [1.165, 1.54) is 35.3 Å². The molecule has 0 aliphatic carbocycles. The average Bonchev–Trinajstić information content (AvgIpc) is 3.00. The summed E-state index contributed by atoms with van der Waals surface area (Å²) in [6, 6.07) is 14.2. The highest BCUT2D eigenvalue weighted by molar-refractivity contribution is 7.10. The highest BCUT2D eigenvalue weighted by atomic mass is 32.1. The van der Waals surface area contributed by atoms with E-state index in [0.717, 1.165) is 0 Å². The monoisotopic (exact) mass is 287 g/mol. The highest BCUT2D eigenvalue weighted by Crippen LogP contribution is 2.23. The van der Waals surface area contributed by atoms with E-state index in [0.29, 0.717) is 12.1 Å². The lowest BCUT2D eigenvalue weighted by molar-refractivity contribution is 0.500.